The quantitative estimate of drug-likeness (QED) is 0.665. The monoisotopic (exact) mass is 275 g/mol. The minimum Gasteiger partial charge on any atom is -0.398 e. The van der Waals surface area contributed by atoms with Crippen molar-refractivity contribution in [2.75, 3.05) is 11.1 Å². The van der Waals surface area contributed by atoms with E-state index in [0.717, 1.165) is 5.56 Å². The van der Waals surface area contributed by atoms with E-state index in [2.05, 4.69) is 10.3 Å². The van der Waals surface area contributed by atoms with Gasteiger partial charge >= 0.3 is 0 Å². The van der Waals surface area contributed by atoms with E-state index in [0.29, 0.717) is 22.1 Å². The number of hydrogen-bond acceptors (Lipinski definition) is 5. The minimum atomic E-state index is -0.295. The Hall–Kier alpha value is -2.21. The molecule has 0 aliphatic heterocycles. The van der Waals surface area contributed by atoms with E-state index in [9.17, 15) is 9.59 Å². The fourth-order valence-corrected chi connectivity index (χ4v) is 2.19. The number of nitrogens with one attached hydrogen (secondary N) is 1. The van der Waals surface area contributed by atoms with Crippen molar-refractivity contribution in [1.29, 1.82) is 0 Å². The first-order valence-electron chi connectivity index (χ1n) is 5.61. The van der Waals surface area contributed by atoms with Gasteiger partial charge in [-0.1, -0.05) is 6.07 Å². The highest BCUT2D eigenvalue weighted by Crippen LogP contribution is 2.18. The fourth-order valence-electron chi connectivity index (χ4n) is 1.44. The molecule has 19 heavy (non-hydrogen) atoms. The highest BCUT2D eigenvalue weighted by atomic mass is 32.1. The van der Waals surface area contributed by atoms with Crippen molar-refractivity contribution in [3.63, 3.8) is 0 Å². The van der Waals surface area contributed by atoms with Gasteiger partial charge in [-0.05, 0) is 24.6 Å². The van der Waals surface area contributed by atoms with Crippen molar-refractivity contribution in [2.45, 2.75) is 13.8 Å². The molecule has 0 aliphatic carbocycles. The summed E-state index contributed by atoms with van der Waals surface area (Å²) in [6, 6.07) is 5.10. The van der Waals surface area contributed by atoms with Gasteiger partial charge in [-0.2, -0.15) is 0 Å². The van der Waals surface area contributed by atoms with Crippen LogP contribution < -0.4 is 11.1 Å². The Bertz CT molecular complexity index is 649. The first kappa shape index (κ1) is 13.2. The van der Waals surface area contributed by atoms with Crippen molar-refractivity contribution < 1.29 is 9.59 Å². The zero-order valence-corrected chi connectivity index (χ0v) is 11.4. The second kappa shape index (κ2) is 5.19. The number of nitrogen functional groups attached to an aromatic ring is 1. The molecule has 0 spiro atoms. The van der Waals surface area contributed by atoms with Gasteiger partial charge in [-0.25, -0.2) is 4.98 Å². The maximum absolute atomic E-state index is 12.0. The van der Waals surface area contributed by atoms with Gasteiger partial charge in [0.1, 0.15) is 5.69 Å². The molecule has 0 saturated carbocycles. The van der Waals surface area contributed by atoms with Gasteiger partial charge in [-0.3, -0.25) is 14.9 Å². The lowest BCUT2D eigenvalue weighted by molar-refractivity contribution is 0.100. The third-order valence-electron chi connectivity index (χ3n) is 2.63. The largest absolute Gasteiger partial charge is 0.398 e. The molecular weight excluding hydrogens is 262 g/mol. The van der Waals surface area contributed by atoms with Gasteiger partial charge in [0.05, 0.1) is 0 Å². The number of Topliss-reactive ketones (excluding diaryl/α,β-unsaturated/α-hetero) is 1. The highest BCUT2D eigenvalue weighted by Gasteiger charge is 2.11. The summed E-state index contributed by atoms with van der Waals surface area (Å²) in [6.45, 7) is 3.30. The zero-order valence-electron chi connectivity index (χ0n) is 10.6. The van der Waals surface area contributed by atoms with E-state index in [-0.39, 0.29) is 11.7 Å². The molecule has 0 radical (unpaired) electrons. The maximum atomic E-state index is 12.0. The van der Waals surface area contributed by atoms with Gasteiger partial charge in [-0.15, -0.1) is 11.3 Å². The van der Waals surface area contributed by atoms with Crippen LogP contribution in [-0.2, 0) is 0 Å². The fraction of sp³-hybridized carbons (Fsp3) is 0.154. The SMILES string of the molecule is CC(=O)c1csc(NC(=O)c2ccc(C)c(N)c2)n1. The van der Waals surface area contributed by atoms with Crippen LogP contribution in [0.3, 0.4) is 0 Å². The van der Waals surface area contributed by atoms with Gasteiger partial charge in [0.25, 0.3) is 5.91 Å². The predicted octanol–water partition coefficient (Wildman–Crippen LogP) is 2.49. The predicted molar refractivity (Wildman–Crippen MR) is 75.7 cm³/mol. The molecule has 2 rings (SSSR count). The lowest BCUT2D eigenvalue weighted by Crippen LogP contribution is -2.12. The Kier molecular flexibility index (Phi) is 3.62. The van der Waals surface area contributed by atoms with E-state index in [1.807, 2.05) is 6.92 Å². The number of carbonyl (C=O) groups excluding carboxylic acids is 2. The number of nitrogens with two attached hydrogens (primary N) is 1. The van der Waals surface area contributed by atoms with Crippen LogP contribution in [0, 0.1) is 6.92 Å². The summed E-state index contributed by atoms with van der Waals surface area (Å²) >= 11 is 1.21. The second-order valence-corrected chi connectivity index (χ2v) is 4.98. The smallest absolute Gasteiger partial charge is 0.257 e. The minimum absolute atomic E-state index is 0.128. The van der Waals surface area contributed by atoms with Crippen LogP contribution in [0.2, 0.25) is 0 Å². The Morgan fingerprint density at radius 2 is 2.11 bits per heavy atom. The molecule has 0 aliphatic rings. The molecular formula is C13H13N3O2S. The summed E-state index contributed by atoms with van der Waals surface area (Å²) in [6.07, 6.45) is 0. The lowest BCUT2D eigenvalue weighted by atomic mass is 10.1. The molecule has 0 saturated heterocycles. The second-order valence-electron chi connectivity index (χ2n) is 4.12. The van der Waals surface area contributed by atoms with Gasteiger partial charge in [0.2, 0.25) is 0 Å². The first-order valence-corrected chi connectivity index (χ1v) is 6.49. The van der Waals surface area contributed by atoms with Crippen LogP contribution in [0.25, 0.3) is 0 Å². The van der Waals surface area contributed by atoms with E-state index < -0.39 is 0 Å². The molecule has 3 N–H and O–H groups in total. The molecule has 0 bridgehead atoms. The Labute approximate surface area is 114 Å². The van der Waals surface area contributed by atoms with E-state index in [4.69, 9.17) is 5.73 Å². The van der Waals surface area contributed by atoms with Crippen molar-refractivity contribution in [3.8, 4) is 0 Å². The number of amides is 1. The first-order chi connectivity index (χ1) is 8.97. The van der Waals surface area contributed by atoms with Crippen LogP contribution >= 0.6 is 11.3 Å². The normalized spacial score (nSPS) is 10.2. The number of thiazole rings is 1. The van der Waals surface area contributed by atoms with Crippen molar-refractivity contribution in [3.05, 3.63) is 40.4 Å². The zero-order chi connectivity index (χ0) is 14.0. The molecule has 1 aromatic heterocycles. The highest BCUT2D eigenvalue weighted by molar-refractivity contribution is 7.14. The number of carbonyl (C=O) groups is 2. The molecule has 0 unspecified atom stereocenters. The van der Waals surface area contributed by atoms with Crippen molar-refractivity contribution in [2.24, 2.45) is 0 Å². The van der Waals surface area contributed by atoms with E-state index in [1.54, 1.807) is 23.6 Å². The molecule has 1 heterocycles. The number of benzene rings is 1. The molecule has 1 aromatic carbocycles. The van der Waals surface area contributed by atoms with Crippen molar-refractivity contribution >= 4 is 33.8 Å². The molecule has 2 aromatic rings. The molecule has 0 fully saturated rings. The molecule has 98 valence electrons. The average Bonchev–Trinajstić information content (AvgIpc) is 2.81. The summed E-state index contributed by atoms with van der Waals surface area (Å²) < 4.78 is 0. The summed E-state index contributed by atoms with van der Waals surface area (Å²) in [4.78, 5) is 27.1. The van der Waals surface area contributed by atoms with Crippen LogP contribution in [0.5, 0.6) is 0 Å². The van der Waals surface area contributed by atoms with E-state index >= 15 is 0 Å². The topological polar surface area (TPSA) is 85.1 Å². The van der Waals surface area contributed by atoms with Crippen LogP contribution in [0.4, 0.5) is 10.8 Å². The maximum Gasteiger partial charge on any atom is 0.257 e. The Morgan fingerprint density at radius 1 is 1.37 bits per heavy atom. The van der Waals surface area contributed by atoms with E-state index in [1.165, 1.54) is 18.3 Å². The Balaban J connectivity index is 2.15. The summed E-state index contributed by atoms with van der Waals surface area (Å²) in [5.74, 6) is -0.424. The molecule has 5 nitrogen and oxygen atoms in total. The van der Waals surface area contributed by atoms with Crippen LogP contribution in [-0.4, -0.2) is 16.7 Å². The number of aromatic nitrogens is 1. The molecule has 0 atom stereocenters. The van der Waals surface area contributed by atoms with Crippen molar-refractivity contribution in [1.82, 2.24) is 4.98 Å². The number of anilines is 2. The average molecular weight is 275 g/mol. The third kappa shape index (κ3) is 2.97. The number of aryl methyl sites for hydroxylation is 1. The van der Waals surface area contributed by atoms with Crippen LogP contribution in [0.1, 0.15) is 33.3 Å². The summed E-state index contributed by atoms with van der Waals surface area (Å²) in [5, 5.41) is 4.65. The number of nitrogens with zero attached hydrogens (tertiary/aromatic N) is 1. The van der Waals surface area contributed by atoms with Gasteiger partial charge < -0.3 is 5.73 Å². The Morgan fingerprint density at radius 3 is 2.68 bits per heavy atom. The number of hydrogen-bond donors (Lipinski definition) is 2. The molecule has 6 heteroatoms. The number of rotatable bonds is 3. The number of ketones is 1. The van der Waals surface area contributed by atoms with Crippen LogP contribution in [0.15, 0.2) is 23.6 Å². The standard InChI is InChI=1S/C13H13N3O2S/c1-7-3-4-9(5-10(7)14)12(18)16-13-15-11(6-19-13)8(2)17/h3-6H,14H2,1-2H3,(H,15,16,18). The van der Waals surface area contributed by atoms with Gasteiger partial charge in [0.15, 0.2) is 10.9 Å². The summed E-state index contributed by atoms with van der Waals surface area (Å²) in [7, 11) is 0. The third-order valence-corrected chi connectivity index (χ3v) is 3.38. The lowest BCUT2D eigenvalue weighted by Gasteiger charge is -2.04. The van der Waals surface area contributed by atoms with Gasteiger partial charge in [0, 0.05) is 23.6 Å². The summed E-state index contributed by atoms with van der Waals surface area (Å²) in [5.41, 5.74) is 8.06. The molecule has 1 amide bonds.